The molecule has 0 heterocycles. The van der Waals surface area contributed by atoms with E-state index in [1.165, 1.54) is 0 Å². The summed E-state index contributed by atoms with van der Waals surface area (Å²) in [6, 6.07) is 12.3. The van der Waals surface area contributed by atoms with Gasteiger partial charge in [0.25, 0.3) is 0 Å². The minimum Gasteiger partial charge on any atom is -0.396 e. The maximum Gasteiger partial charge on any atom is 0.0641 e. The Morgan fingerprint density at radius 3 is 2.62 bits per heavy atom. The number of nitrogens with one attached hydrogen (secondary N) is 1. The Labute approximate surface area is 96.7 Å². The van der Waals surface area contributed by atoms with Crippen LogP contribution in [-0.2, 0) is 0 Å². The van der Waals surface area contributed by atoms with Gasteiger partial charge in [-0.05, 0) is 24.9 Å². The van der Waals surface area contributed by atoms with E-state index in [9.17, 15) is 0 Å². The molecule has 0 saturated heterocycles. The van der Waals surface area contributed by atoms with Crippen LogP contribution in [0.25, 0.3) is 0 Å². The van der Waals surface area contributed by atoms with Gasteiger partial charge in [-0.2, -0.15) is 5.26 Å². The van der Waals surface area contributed by atoms with Gasteiger partial charge in [0.1, 0.15) is 0 Å². The zero-order valence-corrected chi connectivity index (χ0v) is 9.39. The molecule has 0 bridgehead atoms. The van der Waals surface area contributed by atoms with E-state index in [1.807, 2.05) is 30.3 Å². The number of aliphatic hydroxyl groups excluding tert-OH is 1. The first-order valence-electron chi connectivity index (χ1n) is 5.64. The summed E-state index contributed by atoms with van der Waals surface area (Å²) >= 11 is 0. The van der Waals surface area contributed by atoms with Gasteiger partial charge in [-0.25, -0.2) is 0 Å². The summed E-state index contributed by atoms with van der Waals surface area (Å²) in [5, 5.41) is 20.8. The Hall–Kier alpha value is -1.37. The number of aliphatic hydroxyl groups is 1. The number of benzene rings is 1. The van der Waals surface area contributed by atoms with Crippen LogP contribution >= 0.6 is 0 Å². The highest BCUT2D eigenvalue weighted by Gasteiger charge is 2.08. The first kappa shape index (κ1) is 12.7. The van der Waals surface area contributed by atoms with Crippen molar-refractivity contribution in [3.8, 4) is 6.07 Å². The van der Waals surface area contributed by atoms with Crippen LogP contribution in [0.3, 0.4) is 0 Å². The maximum atomic E-state index is 8.77. The normalized spacial score (nSPS) is 12.0. The average Bonchev–Trinajstić information content (AvgIpc) is 2.34. The van der Waals surface area contributed by atoms with Gasteiger partial charge < -0.3 is 10.4 Å². The number of nitrogens with zero attached hydrogens (tertiary/aromatic N) is 1. The minimum atomic E-state index is 0.102. The summed E-state index contributed by atoms with van der Waals surface area (Å²) in [6.45, 7) is 1.07. The summed E-state index contributed by atoms with van der Waals surface area (Å²) in [5.41, 5.74) is 1.15. The molecule has 1 atom stereocenters. The molecule has 0 fully saturated rings. The highest BCUT2D eigenvalue weighted by molar-refractivity contribution is 5.19. The molecule has 2 N–H and O–H groups in total. The Morgan fingerprint density at radius 1 is 1.25 bits per heavy atom. The number of hydrogen-bond donors (Lipinski definition) is 2. The Morgan fingerprint density at radius 2 is 2.00 bits per heavy atom. The van der Waals surface area contributed by atoms with Crippen molar-refractivity contribution >= 4 is 0 Å². The first-order chi connectivity index (χ1) is 7.88. The van der Waals surface area contributed by atoms with Crippen LogP contribution in [0.1, 0.15) is 30.9 Å². The lowest BCUT2D eigenvalue weighted by Crippen LogP contribution is -2.22. The third kappa shape index (κ3) is 4.43. The van der Waals surface area contributed by atoms with Crippen LogP contribution in [0.5, 0.6) is 0 Å². The maximum absolute atomic E-state index is 8.77. The molecular formula is C13H18N2O. The van der Waals surface area contributed by atoms with Crippen molar-refractivity contribution in [3.05, 3.63) is 35.9 Å². The second kappa shape index (κ2) is 7.86. The molecule has 3 nitrogen and oxygen atoms in total. The molecule has 1 rings (SSSR count). The molecule has 0 aromatic heterocycles. The predicted octanol–water partition coefficient (Wildman–Crippen LogP) is 2.00. The molecule has 0 radical (unpaired) electrons. The molecule has 86 valence electrons. The predicted molar refractivity (Wildman–Crippen MR) is 63.7 cm³/mol. The third-order valence-electron chi connectivity index (χ3n) is 2.47. The third-order valence-corrected chi connectivity index (χ3v) is 2.47. The molecular weight excluding hydrogens is 200 g/mol. The van der Waals surface area contributed by atoms with Crippen LogP contribution in [-0.4, -0.2) is 18.3 Å². The van der Waals surface area contributed by atoms with E-state index < -0.39 is 0 Å². The largest absolute Gasteiger partial charge is 0.396 e. The second-order valence-corrected chi connectivity index (χ2v) is 3.71. The van der Waals surface area contributed by atoms with Gasteiger partial charge in [-0.3, -0.25) is 0 Å². The molecule has 1 aromatic carbocycles. The van der Waals surface area contributed by atoms with Crippen LogP contribution in [0.4, 0.5) is 0 Å². The SMILES string of the molecule is N#CCC(NCCCCO)c1ccccc1. The zero-order valence-electron chi connectivity index (χ0n) is 9.39. The Bertz CT molecular complexity index is 318. The lowest BCUT2D eigenvalue weighted by atomic mass is 10.0. The molecule has 0 spiro atoms. The molecule has 0 aliphatic carbocycles. The summed E-state index contributed by atoms with van der Waals surface area (Å²) < 4.78 is 0. The van der Waals surface area contributed by atoms with Crippen molar-refractivity contribution in [2.45, 2.75) is 25.3 Å². The second-order valence-electron chi connectivity index (χ2n) is 3.71. The fourth-order valence-corrected chi connectivity index (χ4v) is 1.60. The first-order valence-corrected chi connectivity index (χ1v) is 5.64. The molecule has 16 heavy (non-hydrogen) atoms. The van der Waals surface area contributed by atoms with Gasteiger partial charge in [-0.15, -0.1) is 0 Å². The van der Waals surface area contributed by atoms with Crippen molar-refractivity contribution in [3.63, 3.8) is 0 Å². The van der Waals surface area contributed by atoms with E-state index in [4.69, 9.17) is 10.4 Å². The highest BCUT2D eigenvalue weighted by atomic mass is 16.2. The van der Waals surface area contributed by atoms with Crippen LogP contribution < -0.4 is 5.32 Å². The number of hydrogen-bond acceptors (Lipinski definition) is 3. The van der Waals surface area contributed by atoms with E-state index in [0.29, 0.717) is 6.42 Å². The fraction of sp³-hybridized carbons (Fsp3) is 0.462. The molecule has 0 aliphatic rings. The highest BCUT2D eigenvalue weighted by Crippen LogP contribution is 2.15. The summed E-state index contributed by atoms with van der Waals surface area (Å²) in [5.74, 6) is 0. The van der Waals surface area contributed by atoms with E-state index in [0.717, 1.165) is 24.9 Å². The monoisotopic (exact) mass is 218 g/mol. The summed E-state index contributed by atoms with van der Waals surface area (Å²) in [6.07, 6.45) is 2.22. The van der Waals surface area contributed by atoms with Gasteiger partial charge in [0.05, 0.1) is 12.5 Å². The fourth-order valence-electron chi connectivity index (χ4n) is 1.60. The lowest BCUT2D eigenvalue weighted by molar-refractivity contribution is 0.282. The smallest absolute Gasteiger partial charge is 0.0641 e. The summed E-state index contributed by atoms with van der Waals surface area (Å²) in [7, 11) is 0. The Balaban J connectivity index is 2.45. The lowest BCUT2D eigenvalue weighted by Gasteiger charge is -2.15. The van der Waals surface area contributed by atoms with Gasteiger partial charge >= 0.3 is 0 Å². The number of rotatable bonds is 7. The van der Waals surface area contributed by atoms with Crippen molar-refractivity contribution in [1.29, 1.82) is 5.26 Å². The van der Waals surface area contributed by atoms with Gasteiger partial charge in [0.2, 0.25) is 0 Å². The van der Waals surface area contributed by atoms with E-state index >= 15 is 0 Å². The Kier molecular flexibility index (Phi) is 6.24. The molecule has 1 unspecified atom stereocenters. The molecule has 3 heteroatoms. The molecule has 0 amide bonds. The van der Waals surface area contributed by atoms with Gasteiger partial charge in [-0.1, -0.05) is 30.3 Å². The topological polar surface area (TPSA) is 56.0 Å². The van der Waals surface area contributed by atoms with Crippen LogP contribution in [0.2, 0.25) is 0 Å². The van der Waals surface area contributed by atoms with E-state index in [1.54, 1.807) is 0 Å². The van der Waals surface area contributed by atoms with E-state index in [2.05, 4.69) is 11.4 Å². The zero-order chi connectivity index (χ0) is 11.6. The van der Waals surface area contributed by atoms with Crippen LogP contribution in [0, 0.1) is 11.3 Å². The van der Waals surface area contributed by atoms with E-state index in [-0.39, 0.29) is 12.6 Å². The van der Waals surface area contributed by atoms with Gasteiger partial charge in [0, 0.05) is 12.6 Å². The minimum absolute atomic E-state index is 0.102. The average molecular weight is 218 g/mol. The molecule has 1 aromatic rings. The quantitative estimate of drug-likeness (QED) is 0.688. The number of nitriles is 1. The van der Waals surface area contributed by atoms with Crippen LogP contribution in [0.15, 0.2) is 30.3 Å². The van der Waals surface area contributed by atoms with Crippen molar-refractivity contribution in [1.82, 2.24) is 5.32 Å². The van der Waals surface area contributed by atoms with Gasteiger partial charge in [0.15, 0.2) is 0 Å². The number of unbranched alkanes of at least 4 members (excludes halogenated alkanes) is 1. The van der Waals surface area contributed by atoms with Crippen molar-refractivity contribution < 1.29 is 5.11 Å². The molecule has 0 aliphatic heterocycles. The van der Waals surface area contributed by atoms with Crippen molar-refractivity contribution in [2.75, 3.05) is 13.2 Å². The standard InChI is InChI=1S/C13H18N2O/c14-9-8-13(15-10-4-5-11-16)12-6-2-1-3-7-12/h1-3,6-7,13,15-16H,4-5,8,10-11H2. The summed E-state index contributed by atoms with van der Waals surface area (Å²) in [4.78, 5) is 0. The molecule has 0 saturated carbocycles. The van der Waals surface area contributed by atoms with Crippen molar-refractivity contribution in [2.24, 2.45) is 0 Å².